The molecule has 5 aromatic rings. The van der Waals surface area contributed by atoms with Gasteiger partial charge in [-0.05, 0) is 99.5 Å². The van der Waals surface area contributed by atoms with Crippen LogP contribution in [0.1, 0.15) is 41.2 Å². The van der Waals surface area contributed by atoms with Gasteiger partial charge < -0.3 is 11.1 Å². The summed E-state index contributed by atoms with van der Waals surface area (Å²) in [5, 5.41) is 6.18. The van der Waals surface area contributed by atoms with Crippen molar-refractivity contribution in [2.45, 2.75) is 20.3 Å². The second kappa shape index (κ2) is 12.3. The number of hydrogen-bond acceptors (Lipinski definition) is 2. The van der Waals surface area contributed by atoms with Crippen LogP contribution in [0.4, 0.5) is 11.4 Å². The second-order valence-corrected chi connectivity index (χ2v) is 11.8. The zero-order chi connectivity index (χ0) is 31.6. The largest absolute Gasteiger partial charge is 0.401 e. The highest BCUT2D eigenvalue weighted by molar-refractivity contribution is 6.10. The van der Waals surface area contributed by atoms with Gasteiger partial charge in [-0.1, -0.05) is 116 Å². The highest BCUT2D eigenvalue weighted by atomic mass is 14.9. The average Bonchev–Trinajstić information content (AvgIpc) is 3.78. The van der Waals surface area contributed by atoms with Gasteiger partial charge in [0, 0.05) is 40.2 Å². The summed E-state index contributed by atoms with van der Waals surface area (Å²) < 4.78 is 0. The van der Waals surface area contributed by atoms with E-state index in [1.165, 1.54) is 22.1 Å². The standard InChI is InChI=1S/C44H36N2/c1-4-34(31-17-8-9-18-31)36-20-11-10-19-35(36)30(3)44-39-22-13-12-21-37(39)41(32-15-6-5-7-16-32)28-43(44)46-33-26-25-29(2)40(27-33)38-23-14-24-42(38)45/h4-17,19-23,25-28,46H,3,24,45H2,1-2H3/b34-4-. The summed E-state index contributed by atoms with van der Waals surface area (Å²) in [6.45, 7) is 9.03. The van der Waals surface area contributed by atoms with E-state index in [0.717, 1.165) is 73.4 Å². The molecule has 0 aliphatic heterocycles. The lowest BCUT2D eigenvalue weighted by Gasteiger charge is -2.22. The molecule has 0 atom stereocenters. The number of nitrogens with two attached hydrogens (primary N) is 1. The monoisotopic (exact) mass is 592 g/mol. The summed E-state index contributed by atoms with van der Waals surface area (Å²) in [6, 6.07) is 36.6. The number of allylic oxidation sites excluding steroid dienone is 8. The Morgan fingerprint density at radius 2 is 1.57 bits per heavy atom. The van der Waals surface area contributed by atoms with E-state index >= 15 is 0 Å². The molecule has 0 unspecified atom stereocenters. The van der Waals surface area contributed by atoms with Crippen LogP contribution in [0.25, 0.3) is 38.6 Å². The molecule has 0 radical (unpaired) electrons. The Labute approximate surface area is 271 Å². The molecule has 0 aromatic heterocycles. The van der Waals surface area contributed by atoms with E-state index in [1.54, 1.807) is 0 Å². The molecule has 0 fully saturated rings. The van der Waals surface area contributed by atoms with E-state index in [1.807, 2.05) is 12.2 Å². The number of rotatable bonds is 8. The molecule has 5 aromatic carbocycles. The Hall–Kier alpha value is -5.82. The molecular weight excluding hydrogens is 556 g/mol. The number of hydrogen-bond donors (Lipinski definition) is 2. The Morgan fingerprint density at radius 1 is 0.826 bits per heavy atom. The molecule has 2 aliphatic carbocycles. The molecule has 0 saturated carbocycles. The first kappa shape index (κ1) is 28.9. The number of nitrogens with one attached hydrogen (secondary N) is 1. The van der Waals surface area contributed by atoms with Gasteiger partial charge in [-0.3, -0.25) is 0 Å². The first-order valence-electron chi connectivity index (χ1n) is 15.8. The Balaban J connectivity index is 1.45. The van der Waals surface area contributed by atoms with E-state index < -0.39 is 0 Å². The summed E-state index contributed by atoms with van der Waals surface area (Å²) in [4.78, 5) is 0. The van der Waals surface area contributed by atoms with Gasteiger partial charge in [0.15, 0.2) is 0 Å². The van der Waals surface area contributed by atoms with Crippen LogP contribution in [0, 0.1) is 6.92 Å². The quantitative estimate of drug-likeness (QED) is 0.176. The molecular formula is C44H36N2. The third-order valence-electron chi connectivity index (χ3n) is 8.93. The van der Waals surface area contributed by atoms with Crippen LogP contribution < -0.4 is 11.1 Å². The lowest BCUT2D eigenvalue weighted by atomic mass is 9.84. The number of benzene rings is 5. The Kier molecular flexibility index (Phi) is 7.72. The number of fused-ring (bicyclic) bond motifs is 1. The van der Waals surface area contributed by atoms with Crippen molar-refractivity contribution in [3.05, 3.63) is 191 Å². The predicted molar refractivity (Wildman–Crippen MR) is 198 cm³/mol. The van der Waals surface area contributed by atoms with Crippen LogP contribution in [0.15, 0.2) is 163 Å². The minimum absolute atomic E-state index is 0.789. The fourth-order valence-electron chi connectivity index (χ4n) is 6.65. The minimum Gasteiger partial charge on any atom is -0.401 e. The fraction of sp³-hybridized carbons (Fsp3) is 0.0682. The van der Waals surface area contributed by atoms with Crippen molar-refractivity contribution in [2.75, 3.05) is 5.32 Å². The van der Waals surface area contributed by atoms with Crippen LogP contribution in [0.3, 0.4) is 0 Å². The summed E-state index contributed by atoms with van der Waals surface area (Å²) in [5.41, 5.74) is 25.0. The maximum atomic E-state index is 6.42. The van der Waals surface area contributed by atoms with Crippen LogP contribution in [-0.2, 0) is 0 Å². The molecule has 2 aliphatic rings. The lowest BCUT2D eigenvalue weighted by Crippen LogP contribution is -2.03. The first-order chi connectivity index (χ1) is 22.5. The van der Waals surface area contributed by atoms with Gasteiger partial charge in [0.05, 0.1) is 0 Å². The minimum atomic E-state index is 0.789. The van der Waals surface area contributed by atoms with Gasteiger partial charge in [-0.15, -0.1) is 5.73 Å². The first-order valence-corrected chi connectivity index (χ1v) is 15.8. The van der Waals surface area contributed by atoms with Crippen molar-refractivity contribution in [3.63, 3.8) is 0 Å². The average molecular weight is 593 g/mol. The van der Waals surface area contributed by atoms with Gasteiger partial charge in [-0.25, -0.2) is 0 Å². The van der Waals surface area contributed by atoms with Crippen molar-refractivity contribution in [1.82, 2.24) is 0 Å². The smallest absolute Gasteiger partial charge is 0.0476 e. The van der Waals surface area contributed by atoms with Gasteiger partial charge in [-0.2, -0.15) is 0 Å². The second-order valence-electron chi connectivity index (χ2n) is 11.8. The highest BCUT2D eigenvalue weighted by Gasteiger charge is 2.21. The zero-order valence-electron chi connectivity index (χ0n) is 26.3. The van der Waals surface area contributed by atoms with Crippen molar-refractivity contribution in [1.29, 1.82) is 0 Å². The summed E-state index contributed by atoms with van der Waals surface area (Å²) in [5.74, 6) is 0. The van der Waals surface area contributed by atoms with Crippen LogP contribution in [-0.4, -0.2) is 0 Å². The summed E-state index contributed by atoms with van der Waals surface area (Å²) in [7, 11) is 0. The van der Waals surface area contributed by atoms with Gasteiger partial charge in [0.2, 0.25) is 0 Å². The highest BCUT2D eigenvalue weighted by Crippen LogP contribution is 2.44. The predicted octanol–water partition coefficient (Wildman–Crippen LogP) is 11.3. The summed E-state index contributed by atoms with van der Waals surface area (Å²) in [6.07, 6.45) is 13.3. The molecule has 46 heavy (non-hydrogen) atoms. The van der Waals surface area contributed by atoms with E-state index in [2.05, 4.69) is 152 Å². The van der Waals surface area contributed by atoms with Gasteiger partial charge in [0.25, 0.3) is 0 Å². The molecule has 0 heterocycles. The molecule has 3 N–H and O–H groups in total. The van der Waals surface area contributed by atoms with Crippen LogP contribution >= 0.6 is 0 Å². The van der Waals surface area contributed by atoms with Gasteiger partial charge >= 0.3 is 0 Å². The molecule has 0 spiro atoms. The van der Waals surface area contributed by atoms with E-state index in [4.69, 9.17) is 12.3 Å². The zero-order valence-corrected chi connectivity index (χ0v) is 26.3. The number of aryl methyl sites for hydroxylation is 1. The van der Waals surface area contributed by atoms with Crippen molar-refractivity contribution in [2.24, 2.45) is 5.73 Å². The molecule has 2 nitrogen and oxygen atoms in total. The maximum Gasteiger partial charge on any atom is 0.0476 e. The lowest BCUT2D eigenvalue weighted by molar-refractivity contribution is 1.20. The Morgan fingerprint density at radius 3 is 2.28 bits per heavy atom. The molecule has 2 heteroatoms. The number of anilines is 2. The summed E-state index contributed by atoms with van der Waals surface area (Å²) >= 11 is 0. The maximum absolute atomic E-state index is 6.42. The topological polar surface area (TPSA) is 38.0 Å². The third kappa shape index (κ3) is 5.26. The van der Waals surface area contributed by atoms with Crippen molar-refractivity contribution in [3.8, 4) is 11.1 Å². The van der Waals surface area contributed by atoms with E-state index in [9.17, 15) is 0 Å². The molecule has 0 bridgehead atoms. The Bertz CT molecular complexity index is 2210. The van der Waals surface area contributed by atoms with E-state index in [-0.39, 0.29) is 0 Å². The van der Waals surface area contributed by atoms with E-state index in [0.29, 0.717) is 0 Å². The fourth-order valence-corrected chi connectivity index (χ4v) is 6.65. The molecule has 0 amide bonds. The van der Waals surface area contributed by atoms with Gasteiger partial charge in [0.1, 0.15) is 0 Å². The van der Waals surface area contributed by atoms with Crippen LogP contribution in [0.5, 0.6) is 0 Å². The van der Waals surface area contributed by atoms with Crippen LogP contribution in [0.2, 0.25) is 0 Å². The third-order valence-corrected chi connectivity index (χ3v) is 8.93. The molecule has 7 rings (SSSR count). The van der Waals surface area contributed by atoms with Crippen molar-refractivity contribution >= 4 is 38.9 Å². The van der Waals surface area contributed by atoms with Crippen molar-refractivity contribution < 1.29 is 0 Å². The molecule has 222 valence electrons. The SMILES string of the molecule is C=C(c1ccccc1/C(=C\C)C1=C=CC=C1)c1c(Nc2ccc(C)c(C3=C(N)CC=C3)c2)cc(-c2ccccc2)c2ccccc12. The molecule has 0 saturated heterocycles. The normalized spacial score (nSPS) is 14.0.